The number of hydrogen-bond donors (Lipinski definition) is 0. The smallest absolute Gasteiger partial charge is 0.123 e. The van der Waals surface area contributed by atoms with Gasteiger partial charge in [0.05, 0.1) is 8.07 Å². The largest absolute Gasteiger partial charge is 0.207 e. The Kier molecular flexibility index (Phi) is 4.19. The SMILES string of the molecule is C[Si](C)(CC#Cc1ccc(F)cc1)c1ccccc1. The fourth-order valence-corrected chi connectivity index (χ4v) is 3.72. The molecule has 2 aromatic rings. The lowest BCUT2D eigenvalue weighted by atomic mass is 10.2. The molecule has 0 bridgehead atoms. The second-order valence-corrected chi connectivity index (χ2v) is 9.93. The van der Waals surface area contributed by atoms with E-state index in [0.717, 1.165) is 11.6 Å². The predicted octanol–water partition coefficient (Wildman–Crippen LogP) is 3.79. The third-order valence-corrected chi connectivity index (χ3v) is 6.12. The summed E-state index contributed by atoms with van der Waals surface area (Å²) in [6.45, 7) is 4.64. The molecule has 0 aromatic heterocycles. The Morgan fingerprint density at radius 1 is 0.947 bits per heavy atom. The van der Waals surface area contributed by atoms with Gasteiger partial charge in [0.1, 0.15) is 5.82 Å². The van der Waals surface area contributed by atoms with Crippen molar-refractivity contribution in [3.8, 4) is 11.8 Å². The molecule has 0 radical (unpaired) electrons. The second-order valence-electron chi connectivity index (χ2n) is 5.24. The van der Waals surface area contributed by atoms with Crippen LogP contribution in [0.2, 0.25) is 19.1 Å². The molecular formula is C17H17FSi. The number of hydrogen-bond acceptors (Lipinski definition) is 0. The van der Waals surface area contributed by atoms with Crippen molar-refractivity contribution in [2.45, 2.75) is 19.1 Å². The summed E-state index contributed by atoms with van der Waals surface area (Å²) in [7, 11) is -1.49. The molecule has 0 aliphatic rings. The first-order valence-electron chi connectivity index (χ1n) is 6.38. The van der Waals surface area contributed by atoms with Crippen LogP contribution in [0.25, 0.3) is 0 Å². The van der Waals surface area contributed by atoms with E-state index in [-0.39, 0.29) is 5.82 Å². The third kappa shape index (κ3) is 3.80. The molecule has 0 N–H and O–H groups in total. The first-order chi connectivity index (χ1) is 9.08. The minimum absolute atomic E-state index is 0.218. The second kappa shape index (κ2) is 5.86. The van der Waals surface area contributed by atoms with Crippen LogP contribution in [0.5, 0.6) is 0 Å². The first-order valence-corrected chi connectivity index (χ1v) is 9.59. The molecule has 0 unspecified atom stereocenters. The van der Waals surface area contributed by atoms with Crippen LogP contribution in [0.3, 0.4) is 0 Å². The van der Waals surface area contributed by atoms with Crippen molar-refractivity contribution in [2.75, 3.05) is 0 Å². The highest BCUT2D eigenvalue weighted by molar-refractivity contribution is 6.90. The van der Waals surface area contributed by atoms with E-state index in [9.17, 15) is 4.39 Å². The summed E-state index contributed by atoms with van der Waals surface area (Å²) in [5.41, 5.74) is 0.874. The molecule has 0 fully saturated rings. The molecule has 0 heterocycles. The van der Waals surface area contributed by atoms with Crippen LogP contribution < -0.4 is 5.19 Å². The van der Waals surface area contributed by atoms with Gasteiger partial charge in [-0.05, 0) is 24.3 Å². The lowest BCUT2D eigenvalue weighted by Crippen LogP contribution is -2.40. The van der Waals surface area contributed by atoms with E-state index in [0.29, 0.717) is 0 Å². The predicted molar refractivity (Wildman–Crippen MR) is 81.6 cm³/mol. The lowest BCUT2D eigenvalue weighted by Gasteiger charge is -2.19. The lowest BCUT2D eigenvalue weighted by molar-refractivity contribution is 0.627. The number of halogens is 1. The van der Waals surface area contributed by atoms with E-state index >= 15 is 0 Å². The Hall–Kier alpha value is -1.85. The zero-order chi connectivity index (χ0) is 13.7. The molecular weight excluding hydrogens is 251 g/mol. The van der Waals surface area contributed by atoms with Crippen LogP contribution in [-0.2, 0) is 0 Å². The molecule has 0 spiro atoms. The number of rotatable bonds is 2. The maximum atomic E-state index is 12.8. The molecule has 2 heteroatoms. The molecule has 2 rings (SSSR count). The Balaban J connectivity index is 2.08. The zero-order valence-corrected chi connectivity index (χ0v) is 12.3. The third-order valence-electron chi connectivity index (χ3n) is 3.16. The monoisotopic (exact) mass is 268 g/mol. The molecule has 0 amide bonds. The maximum Gasteiger partial charge on any atom is 0.123 e. The van der Waals surface area contributed by atoms with Crippen molar-refractivity contribution in [2.24, 2.45) is 0 Å². The van der Waals surface area contributed by atoms with Gasteiger partial charge in [-0.25, -0.2) is 4.39 Å². The van der Waals surface area contributed by atoms with Gasteiger partial charge in [-0.2, -0.15) is 0 Å². The highest BCUT2D eigenvalue weighted by Gasteiger charge is 2.21. The summed E-state index contributed by atoms with van der Waals surface area (Å²) < 4.78 is 12.8. The minimum Gasteiger partial charge on any atom is -0.207 e. The van der Waals surface area contributed by atoms with Gasteiger partial charge in [-0.1, -0.05) is 54.5 Å². The molecule has 0 saturated heterocycles. The van der Waals surface area contributed by atoms with Crippen molar-refractivity contribution in [1.29, 1.82) is 0 Å². The molecule has 2 aromatic carbocycles. The highest BCUT2D eigenvalue weighted by Crippen LogP contribution is 2.09. The van der Waals surface area contributed by atoms with Crippen molar-refractivity contribution in [1.82, 2.24) is 0 Å². The molecule has 96 valence electrons. The van der Waals surface area contributed by atoms with Crippen LogP contribution in [0.15, 0.2) is 54.6 Å². The van der Waals surface area contributed by atoms with Gasteiger partial charge >= 0.3 is 0 Å². The average Bonchev–Trinajstić information content (AvgIpc) is 2.42. The van der Waals surface area contributed by atoms with E-state index in [1.807, 2.05) is 6.07 Å². The van der Waals surface area contributed by atoms with Gasteiger partial charge in [0.25, 0.3) is 0 Å². The molecule has 0 nitrogen and oxygen atoms in total. The molecule has 19 heavy (non-hydrogen) atoms. The van der Waals surface area contributed by atoms with Gasteiger partial charge in [0, 0.05) is 11.6 Å². The Morgan fingerprint density at radius 3 is 2.21 bits per heavy atom. The summed E-state index contributed by atoms with van der Waals surface area (Å²) >= 11 is 0. The Bertz CT molecular complexity index is 589. The van der Waals surface area contributed by atoms with Gasteiger partial charge in [-0.3, -0.25) is 0 Å². The summed E-state index contributed by atoms with van der Waals surface area (Å²) in [6, 6.07) is 17.8. The van der Waals surface area contributed by atoms with Crippen molar-refractivity contribution in [3.63, 3.8) is 0 Å². The fraction of sp³-hybridized carbons (Fsp3) is 0.176. The Morgan fingerprint density at radius 2 is 1.58 bits per heavy atom. The topological polar surface area (TPSA) is 0 Å². The van der Waals surface area contributed by atoms with Crippen LogP contribution in [-0.4, -0.2) is 8.07 Å². The molecule has 0 aliphatic heterocycles. The minimum atomic E-state index is -1.49. The first kappa shape index (κ1) is 13.6. The van der Waals surface area contributed by atoms with Crippen LogP contribution in [0.4, 0.5) is 4.39 Å². The molecule has 0 atom stereocenters. The van der Waals surface area contributed by atoms with Crippen LogP contribution in [0, 0.1) is 17.7 Å². The Labute approximate surface area is 115 Å². The standard InChI is InChI=1S/C17H17FSi/c1-19(2,17-8-4-3-5-9-17)14-6-7-15-10-12-16(18)13-11-15/h3-5,8-13H,14H2,1-2H3. The van der Waals surface area contributed by atoms with Crippen molar-refractivity contribution < 1.29 is 4.39 Å². The summed E-state index contributed by atoms with van der Waals surface area (Å²) in [4.78, 5) is 0. The maximum absolute atomic E-state index is 12.8. The van der Waals surface area contributed by atoms with Gasteiger partial charge < -0.3 is 0 Å². The van der Waals surface area contributed by atoms with Crippen molar-refractivity contribution >= 4 is 13.3 Å². The zero-order valence-electron chi connectivity index (χ0n) is 11.3. The van der Waals surface area contributed by atoms with Gasteiger partial charge in [-0.15, -0.1) is 5.92 Å². The van der Waals surface area contributed by atoms with Gasteiger partial charge in [0.2, 0.25) is 0 Å². The molecule has 0 saturated carbocycles. The van der Waals surface area contributed by atoms with E-state index < -0.39 is 8.07 Å². The summed E-state index contributed by atoms with van der Waals surface area (Å²) in [5.74, 6) is 6.15. The number of benzene rings is 2. The fourth-order valence-electron chi connectivity index (χ4n) is 1.89. The summed E-state index contributed by atoms with van der Waals surface area (Å²) in [6.07, 6.45) is 0. The summed E-state index contributed by atoms with van der Waals surface area (Å²) in [5, 5.41) is 1.42. The van der Waals surface area contributed by atoms with Crippen LogP contribution in [0.1, 0.15) is 5.56 Å². The van der Waals surface area contributed by atoms with E-state index in [1.165, 1.54) is 17.3 Å². The van der Waals surface area contributed by atoms with Crippen LogP contribution >= 0.6 is 0 Å². The van der Waals surface area contributed by atoms with Gasteiger partial charge in [0.15, 0.2) is 0 Å². The highest BCUT2D eigenvalue weighted by atomic mass is 28.3. The molecule has 0 aliphatic carbocycles. The average molecular weight is 268 g/mol. The van der Waals surface area contributed by atoms with E-state index in [1.54, 1.807) is 12.1 Å². The van der Waals surface area contributed by atoms with E-state index in [2.05, 4.69) is 49.2 Å². The normalized spacial score (nSPS) is 10.7. The quantitative estimate of drug-likeness (QED) is 0.574. The van der Waals surface area contributed by atoms with Crippen molar-refractivity contribution in [3.05, 3.63) is 66.0 Å². The van der Waals surface area contributed by atoms with E-state index in [4.69, 9.17) is 0 Å².